The molecule has 4 rings (SSSR count). The van der Waals surface area contributed by atoms with Crippen molar-refractivity contribution in [3.63, 3.8) is 0 Å². The number of tetrazole rings is 1. The molecule has 0 amide bonds. The van der Waals surface area contributed by atoms with Crippen LogP contribution in [0, 0.1) is 6.92 Å². The number of benzene rings is 1. The van der Waals surface area contributed by atoms with Crippen molar-refractivity contribution in [3.8, 4) is 17.1 Å². The fourth-order valence-electron chi connectivity index (χ4n) is 2.31. The van der Waals surface area contributed by atoms with Crippen LogP contribution in [0.25, 0.3) is 17.1 Å². The van der Waals surface area contributed by atoms with Crippen molar-refractivity contribution in [3.05, 3.63) is 52.8 Å². The summed E-state index contributed by atoms with van der Waals surface area (Å²) in [5.74, 6) is 1.15. The number of hydrogen-bond acceptors (Lipinski definition) is 8. The van der Waals surface area contributed by atoms with E-state index in [1.807, 2.05) is 41.9 Å². The Kier molecular flexibility index (Phi) is 3.75. The molecule has 0 radical (unpaired) electrons. The molecule has 4 aromatic rings. The average molecular weight is 339 g/mol. The van der Waals surface area contributed by atoms with Gasteiger partial charge in [0.25, 0.3) is 0 Å². The minimum absolute atomic E-state index is 0.459. The average Bonchev–Trinajstić information content (AvgIpc) is 3.33. The van der Waals surface area contributed by atoms with E-state index in [2.05, 4.69) is 31.0 Å². The van der Waals surface area contributed by atoms with Crippen LogP contribution in [-0.4, -0.2) is 30.3 Å². The number of anilines is 1. The highest BCUT2D eigenvalue weighted by atomic mass is 32.1. The molecule has 0 saturated heterocycles. The van der Waals surface area contributed by atoms with Gasteiger partial charge in [-0.2, -0.15) is 16.3 Å². The van der Waals surface area contributed by atoms with Crippen molar-refractivity contribution in [1.82, 2.24) is 30.3 Å². The minimum atomic E-state index is 0.459. The lowest BCUT2D eigenvalue weighted by molar-refractivity contribution is 0.384. The summed E-state index contributed by atoms with van der Waals surface area (Å²) in [4.78, 5) is 4.38. The summed E-state index contributed by atoms with van der Waals surface area (Å²) in [5.41, 5.74) is 3.91. The van der Waals surface area contributed by atoms with Crippen LogP contribution >= 0.6 is 11.3 Å². The summed E-state index contributed by atoms with van der Waals surface area (Å²) in [6.45, 7) is 2.46. The van der Waals surface area contributed by atoms with Gasteiger partial charge >= 0.3 is 0 Å². The van der Waals surface area contributed by atoms with Gasteiger partial charge in [0.2, 0.25) is 11.7 Å². The largest absolute Gasteiger partial charge is 0.376 e. The first kappa shape index (κ1) is 14.5. The quantitative estimate of drug-likeness (QED) is 0.597. The molecule has 120 valence electrons. The maximum Gasteiger partial charge on any atom is 0.246 e. The maximum absolute atomic E-state index is 5.27. The second kappa shape index (κ2) is 6.20. The number of thiophene rings is 1. The van der Waals surface area contributed by atoms with Gasteiger partial charge in [-0.15, -0.1) is 5.10 Å². The van der Waals surface area contributed by atoms with E-state index in [9.17, 15) is 0 Å². The molecule has 0 spiro atoms. The maximum atomic E-state index is 5.27. The first-order valence-corrected chi connectivity index (χ1v) is 8.17. The molecule has 0 saturated carbocycles. The second-order valence-electron chi connectivity index (χ2n) is 5.13. The van der Waals surface area contributed by atoms with Gasteiger partial charge in [-0.25, -0.2) is 4.68 Å². The molecule has 3 aromatic heterocycles. The van der Waals surface area contributed by atoms with Crippen molar-refractivity contribution < 1.29 is 4.52 Å². The molecule has 1 aromatic carbocycles. The lowest BCUT2D eigenvalue weighted by Gasteiger charge is -2.08. The molecular formula is C15H13N7OS. The van der Waals surface area contributed by atoms with Gasteiger partial charge in [0.15, 0.2) is 0 Å². The fraction of sp³-hybridized carbons (Fsp3) is 0.133. The molecule has 9 heteroatoms. The topological polar surface area (TPSA) is 94.6 Å². The third-order valence-electron chi connectivity index (χ3n) is 3.48. The van der Waals surface area contributed by atoms with Crippen LogP contribution in [0.3, 0.4) is 0 Å². The van der Waals surface area contributed by atoms with E-state index >= 15 is 0 Å². The van der Waals surface area contributed by atoms with E-state index in [1.54, 1.807) is 22.3 Å². The van der Waals surface area contributed by atoms with E-state index in [0.717, 1.165) is 22.5 Å². The first-order valence-electron chi connectivity index (χ1n) is 7.22. The summed E-state index contributed by atoms with van der Waals surface area (Å²) in [7, 11) is 0. The monoisotopic (exact) mass is 339 g/mol. The number of rotatable bonds is 5. The SMILES string of the molecule is Cc1cc(NCc2nc(-c3ccsc3)no2)ccc1-n1cnnn1. The number of aromatic nitrogens is 6. The predicted octanol–water partition coefficient (Wildman–Crippen LogP) is 2.69. The van der Waals surface area contributed by atoms with Crippen LogP contribution < -0.4 is 5.32 Å². The molecule has 0 fully saturated rings. The van der Waals surface area contributed by atoms with Crippen LogP contribution in [-0.2, 0) is 6.54 Å². The van der Waals surface area contributed by atoms with Gasteiger partial charge in [0.1, 0.15) is 6.33 Å². The van der Waals surface area contributed by atoms with Crippen molar-refractivity contribution in [2.45, 2.75) is 13.5 Å². The number of nitrogens with one attached hydrogen (secondary N) is 1. The molecule has 8 nitrogen and oxygen atoms in total. The minimum Gasteiger partial charge on any atom is -0.376 e. The Bertz CT molecular complexity index is 931. The third kappa shape index (κ3) is 2.88. The summed E-state index contributed by atoms with van der Waals surface area (Å²) < 4.78 is 6.90. The smallest absolute Gasteiger partial charge is 0.246 e. The number of hydrogen-bond donors (Lipinski definition) is 1. The van der Waals surface area contributed by atoms with Crippen LogP contribution in [0.4, 0.5) is 5.69 Å². The lowest BCUT2D eigenvalue weighted by Crippen LogP contribution is -2.02. The molecule has 0 aliphatic heterocycles. The fourth-order valence-corrected chi connectivity index (χ4v) is 2.94. The molecule has 0 atom stereocenters. The van der Waals surface area contributed by atoms with Crippen LogP contribution in [0.1, 0.15) is 11.5 Å². The zero-order chi connectivity index (χ0) is 16.4. The molecule has 3 heterocycles. The predicted molar refractivity (Wildman–Crippen MR) is 88.8 cm³/mol. The molecule has 1 N–H and O–H groups in total. The highest BCUT2D eigenvalue weighted by molar-refractivity contribution is 7.08. The van der Waals surface area contributed by atoms with Crippen LogP contribution in [0.5, 0.6) is 0 Å². The summed E-state index contributed by atoms with van der Waals surface area (Å²) in [6.07, 6.45) is 1.57. The second-order valence-corrected chi connectivity index (χ2v) is 5.91. The Hall–Kier alpha value is -3.07. The normalized spacial score (nSPS) is 10.9. The zero-order valence-corrected chi connectivity index (χ0v) is 13.6. The van der Waals surface area contributed by atoms with Gasteiger partial charge in [-0.3, -0.25) is 0 Å². The Labute approximate surface area is 141 Å². The molecular weight excluding hydrogens is 326 g/mol. The molecule has 0 aliphatic rings. The van der Waals surface area contributed by atoms with Crippen molar-refractivity contribution in [2.75, 3.05) is 5.32 Å². The van der Waals surface area contributed by atoms with Crippen molar-refractivity contribution >= 4 is 17.0 Å². The molecule has 0 unspecified atom stereocenters. The van der Waals surface area contributed by atoms with Crippen molar-refractivity contribution in [2.24, 2.45) is 0 Å². The Balaban J connectivity index is 1.45. The van der Waals surface area contributed by atoms with Gasteiger partial charge in [-0.1, -0.05) is 5.16 Å². The van der Waals surface area contributed by atoms with E-state index in [4.69, 9.17) is 4.52 Å². The van der Waals surface area contributed by atoms with E-state index < -0.39 is 0 Å². The highest BCUT2D eigenvalue weighted by Crippen LogP contribution is 2.20. The van der Waals surface area contributed by atoms with Gasteiger partial charge < -0.3 is 9.84 Å². The molecule has 24 heavy (non-hydrogen) atoms. The Morgan fingerprint density at radius 3 is 3.00 bits per heavy atom. The number of nitrogens with zero attached hydrogens (tertiary/aromatic N) is 6. The molecule has 0 aliphatic carbocycles. The van der Waals surface area contributed by atoms with Gasteiger partial charge in [-0.05, 0) is 52.6 Å². The van der Waals surface area contributed by atoms with Crippen LogP contribution in [0.2, 0.25) is 0 Å². The van der Waals surface area contributed by atoms with Crippen molar-refractivity contribution in [1.29, 1.82) is 0 Å². The summed E-state index contributed by atoms with van der Waals surface area (Å²) in [5, 5.41) is 22.4. The lowest BCUT2D eigenvalue weighted by atomic mass is 10.2. The summed E-state index contributed by atoms with van der Waals surface area (Å²) in [6, 6.07) is 7.90. The first-order chi connectivity index (χ1) is 11.8. The van der Waals surface area contributed by atoms with E-state index in [0.29, 0.717) is 18.3 Å². The summed E-state index contributed by atoms with van der Waals surface area (Å²) >= 11 is 1.60. The van der Waals surface area contributed by atoms with Gasteiger partial charge in [0, 0.05) is 16.6 Å². The number of aryl methyl sites for hydroxylation is 1. The van der Waals surface area contributed by atoms with Crippen LogP contribution in [0.15, 0.2) is 45.9 Å². The highest BCUT2D eigenvalue weighted by Gasteiger charge is 2.09. The van der Waals surface area contributed by atoms with Gasteiger partial charge in [0.05, 0.1) is 12.2 Å². The Morgan fingerprint density at radius 2 is 2.25 bits per heavy atom. The zero-order valence-electron chi connectivity index (χ0n) is 12.7. The molecule has 0 bridgehead atoms. The van der Waals surface area contributed by atoms with E-state index in [1.165, 1.54) is 0 Å². The standard InChI is InChI=1S/C15H13N7OS/c1-10-6-12(2-3-13(10)22-9-17-20-21-22)16-7-14-18-15(19-23-14)11-4-5-24-8-11/h2-6,8-9,16H,7H2,1H3. The van der Waals surface area contributed by atoms with E-state index in [-0.39, 0.29) is 0 Å². The third-order valence-corrected chi connectivity index (χ3v) is 4.17. The Morgan fingerprint density at radius 1 is 1.29 bits per heavy atom.